The molecule has 1 aliphatic heterocycles. The number of rotatable bonds is 3. The molecule has 0 spiro atoms. The van der Waals surface area contributed by atoms with Crippen molar-refractivity contribution in [2.24, 2.45) is 5.92 Å². The minimum absolute atomic E-state index is 0.288. The molecule has 0 aliphatic carbocycles. The summed E-state index contributed by atoms with van der Waals surface area (Å²) >= 11 is 18.3. The van der Waals surface area contributed by atoms with Gasteiger partial charge < -0.3 is 10.1 Å². The number of hydrogen-bond acceptors (Lipinski definition) is 2. The van der Waals surface area contributed by atoms with Crippen molar-refractivity contribution in [2.75, 3.05) is 11.9 Å². The van der Waals surface area contributed by atoms with Crippen LogP contribution in [0.25, 0.3) is 0 Å². The maximum atomic E-state index is 6.19. The Labute approximate surface area is 129 Å². The molecule has 1 aromatic rings. The zero-order valence-electron chi connectivity index (χ0n) is 11.1. The smallest absolute Gasteiger partial charge is 0.0722 e. The third-order valence-electron chi connectivity index (χ3n) is 3.41. The quantitative estimate of drug-likeness (QED) is 0.819. The van der Waals surface area contributed by atoms with Crippen LogP contribution in [-0.2, 0) is 4.74 Å². The van der Waals surface area contributed by atoms with Crippen LogP contribution in [0, 0.1) is 5.92 Å². The fourth-order valence-electron chi connectivity index (χ4n) is 2.31. The Morgan fingerprint density at radius 3 is 2.42 bits per heavy atom. The van der Waals surface area contributed by atoms with E-state index in [4.69, 9.17) is 39.5 Å². The molecule has 1 saturated heterocycles. The van der Waals surface area contributed by atoms with Crippen LogP contribution < -0.4 is 5.32 Å². The van der Waals surface area contributed by atoms with Crippen molar-refractivity contribution < 1.29 is 4.74 Å². The van der Waals surface area contributed by atoms with Gasteiger partial charge in [0.15, 0.2) is 0 Å². The van der Waals surface area contributed by atoms with Crippen LogP contribution in [-0.4, -0.2) is 18.8 Å². The van der Waals surface area contributed by atoms with Gasteiger partial charge in [-0.2, -0.15) is 0 Å². The van der Waals surface area contributed by atoms with Gasteiger partial charge in [0.25, 0.3) is 0 Å². The van der Waals surface area contributed by atoms with Crippen molar-refractivity contribution in [1.29, 1.82) is 0 Å². The van der Waals surface area contributed by atoms with E-state index in [1.54, 1.807) is 12.1 Å². The first kappa shape index (κ1) is 15.2. The average molecular weight is 323 g/mol. The number of nitrogens with one attached hydrogen (secondary N) is 1. The molecule has 0 bridgehead atoms. The lowest BCUT2D eigenvalue weighted by molar-refractivity contribution is -0.0160. The van der Waals surface area contributed by atoms with Crippen molar-refractivity contribution in [2.45, 2.75) is 38.8 Å². The molecular formula is C14H18Cl3NO. The molecule has 1 heterocycles. The number of ether oxygens (including phenoxy) is 1. The molecule has 2 rings (SSSR count). The van der Waals surface area contributed by atoms with Crippen LogP contribution in [0.3, 0.4) is 0 Å². The molecule has 2 nitrogen and oxygen atoms in total. The van der Waals surface area contributed by atoms with E-state index in [1.165, 1.54) is 0 Å². The first-order valence-electron chi connectivity index (χ1n) is 6.50. The van der Waals surface area contributed by atoms with Gasteiger partial charge in [-0.25, -0.2) is 0 Å². The third-order valence-corrected chi connectivity index (χ3v) is 4.23. The second kappa shape index (κ2) is 6.53. The molecule has 19 heavy (non-hydrogen) atoms. The predicted octanol–water partition coefficient (Wildman–Crippen LogP) is 5.26. The van der Waals surface area contributed by atoms with E-state index in [1.807, 2.05) is 0 Å². The first-order chi connectivity index (χ1) is 8.97. The Kier molecular flexibility index (Phi) is 5.24. The molecule has 0 saturated carbocycles. The number of benzene rings is 1. The Morgan fingerprint density at radius 2 is 1.84 bits per heavy atom. The molecule has 0 radical (unpaired) electrons. The van der Waals surface area contributed by atoms with Gasteiger partial charge in [0.1, 0.15) is 0 Å². The standard InChI is InChI=1S/C14H18Cl3NO/c1-8(2)13-7-10(3-4-19-13)18-14-11(16)5-9(15)6-12(14)17/h5-6,8,10,13,18H,3-4,7H2,1-2H3. The molecule has 5 heteroatoms. The van der Waals surface area contributed by atoms with Gasteiger partial charge in [-0.1, -0.05) is 48.7 Å². The molecule has 1 aromatic carbocycles. The monoisotopic (exact) mass is 321 g/mol. The number of anilines is 1. The Balaban J connectivity index is 2.09. The largest absolute Gasteiger partial charge is 0.380 e. The van der Waals surface area contributed by atoms with Crippen molar-refractivity contribution in [3.8, 4) is 0 Å². The third kappa shape index (κ3) is 3.91. The summed E-state index contributed by atoms with van der Waals surface area (Å²) < 4.78 is 5.76. The van der Waals surface area contributed by atoms with Crippen molar-refractivity contribution in [1.82, 2.24) is 0 Å². The van der Waals surface area contributed by atoms with Gasteiger partial charge in [0.2, 0.25) is 0 Å². The molecule has 1 aliphatic rings. The predicted molar refractivity (Wildman–Crippen MR) is 82.7 cm³/mol. The fraction of sp³-hybridized carbons (Fsp3) is 0.571. The zero-order valence-corrected chi connectivity index (χ0v) is 13.3. The summed E-state index contributed by atoms with van der Waals surface area (Å²) in [6.45, 7) is 5.12. The van der Waals surface area contributed by atoms with E-state index < -0.39 is 0 Å². The summed E-state index contributed by atoms with van der Waals surface area (Å²) in [6.07, 6.45) is 2.21. The van der Waals surface area contributed by atoms with Gasteiger partial charge in [0.05, 0.1) is 21.8 Å². The van der Waals surface area contributed by atoms with Crippen LogP contribution in [0.1, 0.15) is 26.7 Å². The highest BCUT2D eigenvalue weighted by molar-refractivity contribution is 6.41. The van der Waals surface area contributed by atoms with Crippen molar-refractivity contribution in [3.05, 3.63) is 27.2 Å². The van der Waals surface area contributed by atoms with Crippen LogP contribution in [0.5, 0.6) is 0 Å². The summed E-state index contributed by atoms with van der Waals surface area (Å²) in [5.74, 6) is 0.515. The molecule has 106 valence electrons. The molecule has 0 amide bonds. The number of halogens is 3. The maximum Gasteiger partial charge on any atom is 0.0722 e. The summed E-state index contributed by atoms with van der Waals surface area (Å²) in [4.78, 5) is 0. The van der Waals surface area contributed by atoms with Gasteiger partial charge in [0, 0.05) is 17.7 Å². The number of hydrogen-bond donors (Lipinski definition) is 1. The lowest BCUT2D eigenvalue weighted by atomic mass is 9.95. The highest BCUT2D eigenvalue weighted by Gasteiger charge is 2.25. The van der Waals surface area contributed by atoms with E-state index in [-0.39, 0.29) is 6.10 Å². The Hall–Kier alpha value is -0.150. The van der Waals surface area contributed by atoms with E-state index in [0.717, 1.165) is 25.1 Å². The van der Waals surface area contributed by atoms with Gasteiger partial charge in [-0.3, -0.25) is 0 Å². The molecule has 2 unspecified atom stereocenters. The van der Waals surface area contributed by atoms with E-state index in [9.17, 15) is 0 Å². The topological polar surface area (TPSA) is 21.3 Å². The van der Waals surface area contributed by atoms with Crippen molar-refractivity contribution >= 4 is 40.5 Å². The molecule has 2 atom stereocenters. The Morgan fingerprint density at radius 1 is 1.21 bits per heavy atom. The highest BCUT2D eigenvalue weighted by atomic mass is 35.5. The average Bonchev–Trinajstić information content (AvgIpc) is 2.34. The van der Waals surface area contributed by atoms with Crippen LogP contribution in [0.15, 0.2) is 12.1 Å². The van der Waals surface area contributed by atoms with E-state index >= 15 is 0 Å². The second-order valence-corrected chi connectivity index (χ2v) is 6.51. The van der Waals surface area contributed by atoms with Gasteiger partial charge in [-0.15, -0.1) is 0 Å². The fourth-order valence-corrected chi connectivity index (χ4v) is 3.23. The minimum atomic E-state index is 0.288. The van der Waals surface area contributed by atoms with Crippen molar-refractivity contribution in [3.63, 3.8) is 0 Å². The second-order valence-electron chi connectivity index (χ2n) is 5.26. The SMILES string of the molecule is CC(C)C1CC(Nc2c(Cl)cc(Cl)cc2Cl)CCO1. The molecule has 0 aromatic heterocycles. The zero-order chi connectivity index (χ0) is 14.0. The van der Waals surface area contributed by atoms with Crippen LogP contribution in [0.4, 0.5) is 5.69 Å². The molecule has 1 N–H and O–H groups in total. The normalized spacial score (nSPS) is 23.7. The minimum Gasteiger partial charge on any atom is -0.380 e. The summed E-state index contributed by atoms with van der Waals surface area (Å²) in [5.41, 5.74) is 0.766. The first-order valence-corrected chi connectivity index (χ1v) is 7.63. The summed E-state index contributed by atoms with van der Waals surface area (Å²) in [7, 11) is 0. The van der Waals surface area contributed by atoms with Crippen LogP contribution >= 0.6 is 34.8 Å². The van der Waals surface area contributed by atoms with Crippen LogP contribution in [0.2, 0.25) is 15.1 Å². The maximum absolute atomic E-state index is 6.19. The summed E-state index contributed by atoms with van der Waals surface area (Å²) in [5, 5.41) is 5.10. The lowest BCUT2D eigenvalue weighted by Gasteiger charge is -2.33. The molecule has 1 fully saturated rings. The van der Waals surface area contributed by atoms with E-state index in [0.29, 0.717) is 27.0 Å². The summed E-state index contributed by atoms with van der Waals surface area (Å²) in [6, 6.07) is 3.74. The van der Waals surface area contributed by atoms with Gasteiger partial charge >= 0.3 is 0 Å². The lowest BCUT2D eigenvalue weighted by Crippen LogP contribution is -2.36. The van der Waals surface area contributed by atoms with E-state index in [2.05, 4.69) is 19.2 Å². The van der Waals surface area contributed by atoms with Gasteiger partial charge in [-0.05, 0) is 30.9 Å². The Bertz CT molecular complexity index is 427. The molecular weight excluding hydrogens is 305 g/mol. The highest BCUT2D eigenvalue weighted by Crippen LogP contribution is 2.35.